The molecule has 0 atom stereocenters. The van der Waals surface area contributed by atoms with E-state index in [1.54, 1.807) is 21.0 Å². The Labute approximate surface area is 122 Å². The third kappa shape index (κ3) is 3.97. The lowest BCUT2D eigenvalue weighted by Gasteiger charge is -2.30. The van der Waals surface area contributed by atoms with Crippen LogP contribution < -0.4 is 4.90 Å². The lowest BCUT2D eigenvalue weighted by molar-refractivity contribution is -0.151. The van der Waals surface area contributed by atoms with Crippen LogP contribution in [-0.4, -0.2) is 44.2 Å². The van der Waals surface area contributed by atoms with E-state index >= 15 is 0 Å². The summed E-state index contributed by atoms with van der Waals surface area (Å²) in [6.07, 6.45) is 0. The summed E-state index contributed by atoms with van der Waals surface area (Å²) in [5, 5.41) is 0. The molecule has 0 aliphatic carbocycles. The molecule has 0 radical (unpaired) electrons. The second-order valence-corrected chi connectivity index (χ2v) is 5.59. The van der Waals surface area contributed by atoms with E-state index in [0.29, 0.717) is 13.1 Å². The van der Waals surface area contributed by atoms with Crippen LogP contribution in [0.1, 0.15) is 26.3 Å². The molecule has 1 amide bonds. The molecule has 1 rings (SSSR count). The van der Waals surface area contributed by atoms with Gasteiger partial charge in [0.1, 0.15) is 5.60 Å². The van der Waals surface area contributed by atoms with Gasteiger partial charge in [-0.1, -0.05) is 12.1 Å². The maximum atomic E-state index is 12.4. The normalized spacial score (nSPS) is 11.3. The minimum atomic E-state index is -0.778. The zero-order valence-corrected chi connectivity index (χ0v) is 13.4. The highest BCUT2D eigenvalue weighted by Crippen LogP contribution is 2.17. The number of hydrogen-bond donors (Lipinski definition) is 0. The fourth-order valence-electron chi connectivity index (χ4n) is 1.92. The Morgan fingerprint density at radius 1 is 1.20 bits per heavy atom. The number of rotatable bonds is 6. The van der Waals surface area contributed by atoms with Gasteiger partial charge in [0, 0.05) is 40.0 Å². The molecule has 0 saturated carbocycles. The maximum Gasteiger partial charge on any atom is 0.254 e. The van der Waals surface area contributed by atoms with E-state index in [4.69, 9.17) is 4.74 Å². The molecular formula is C16H26N2O2. The Kier molecular flexibility index (Phi) is 5.57. The fraction of sp³-hybridized carbons (Fsp3) is 0.562. The lowest BCUT2D eigenvalue weighted by atomic mass is 10.1. The van der Waals surface area contributed by atoms with Crippen LogP contribution in [0.3, 0.4) is 0 Å². The van der Waals surface area contributed by atoms with E-state index in [0.717, 1.165) is 11.3 Å². The maximum absolute atomic E-state index is 12.4. The summed E-state index contributed by atoms with van der Waals surface area (Å²) in [4.78, 5) is 16.3. The van der Waals surface area contributed by atoms with Crippen molar-refractivity contribution in [3.8, 4) is 0 Å². The van der Waals surface area contributed by atoms with E-state index in [1.165, 1.54) is 0 Å². The molecule has 0 N–H and O–H groups in total. The second-order valence-electron chi connectivity index (χ2n) is 5.59. The number of ether oxygens (including phenoxy) is 1. The fourth-order valence-corrected chi connectivity index (χ4v) is 1.92. The van der Waals surface area contributed by atoms with Crippen molar-refractivity contribution in [1.29, 1.82) is 0 Å². The van der Waals surface area contributed by atoms with Crippen molar-refractivity contribution in [1.82, 2.24) is 4.90 Å². The van der Waals surface area contributed by atoms with E-state index in [-0.39, 0.29) is 5.91 Å². The van der Waals surface area contributed by atoms with E-state index < -0.39 is 5.60 Å². The highest BCUT2D eigenvalue weighted by atomic mass is 16.5. The van der Waals surface area contributed by atoms with Gasteiger partial charge < -0.3 is 14.5 Å². The molecule has 4 heteroatoms. The van der Waals surface area contributed by atoms with Gasteiger partial charge >= 0.3 is 0 Å². The number of nitrogens with zero attached hydrogens (tertiary/aromatic N) is 2. The predicted molar refractivity (Wildman–Crippen MR) is 82.9 cm³/mol. The summed E-state index contributed by atoms with van der Waals surface area (Å²) < 4.78 is 5.27. The van der Waals surface area contributed by atoms with Crippen LogP contribution in [0.15, 0.2) is 24.3 Å². The number of amides is 1. The van der Waals surface area contributed by atoms with Crippen molar-refractivity contribution in [2.24, 2.45) is 0 Å². The molecule has 0 aliphatic rings. The second kappa shape index (κ2) is 6.75. The van der Waals surface area contributed by atoms with Crippen molar-refractivity contribution < 1.29 is 9.53 Å². The van der Waals surface area contributed by atoms with Crippen molar-refractivity contribution in [2.75, 3.05) is 32.6 Å². The molecule has 0 fully saturated rings. The number of anilines is 1. The summed E-state index contributed by atoms with van der Waals surface area (Å²) in [7, 11) is 5.59. The van der Waals surface area contributed by atoms with Crippen LogP contribution >= 0.6 is 0 Å². The quantitative estimate of drug-likeness (QED) is 0.801. The lowest BCUT2D eigenvalue weighted by Crippen LogP contribution is -2.46. The van der Waals surface area contributed by atoms with Gasteiger partial charge in [-0.05, 0) is 38.5 Å². The summed E-state index contributed by atoms with van der Waals surface area (Å²) in [6.45, 7) is 6.86. The van der Waals surface area contributed by atoms with Gasteiger partial charge in [0.05, 0.1) is 0 Å². The molecular weight excluding hydrogens is 252 g/mol. The predicted octanol–water partition coefficient (Wildman–Crippen LogP) is 2.53. The molecule has 0 bridgehead atoms. The van der Waals surface area contributed by atoms with Gasteiger partial charge in [-0.2, -0.15) is 0 Å². The van der Waals surface area contributed by atoms with Crippen LogP contribution in [0.5, 0.6) is 0 Å². The van der Waals surface area contributed by atoms with Crippen LogP contribution in [0.4, 0.5) is 5.69 Å². The number of hydrogen-bond acceptors (Lipinski definition) is 3. The topological polar surface area (TPSA) is 32.8 Å². The largest absolute Gasteiger partial charge is 0.378 e. The molecule has 1 aromatic carbocycles. The Bertz CT molecular complexity index is 438. The first kappa shape index (κ1) is 16.5. The van der Waals surface area contributed by atoms with Gasteiger partial charge in [-0.15, -0.1) is 0 Å². The molecule has 0 saturated heterocycles. The molecule has 0 aromatic heterocycles. The van der Waals surface area contributed by atoms with Crippen LogP contribution in [0, 0.1) is 0 Å². The summed E-state index contributed by atoms with van der Waals surface area (Å²) in [6, 6.07) is 8.25. The standard InChI is InChI=1S/C16H26N2O2/c1-7-18(15(19)16(2,3)20-6)12-13-8-10-14(11-9-13)17(4)5/h8-11H,7,12H2,1-6H3. The highest BCUT2D eigenvalue weighted by molar-refractivity contribution is 5.84. The molecule has 112 valence electrons. The molecule has 0 aliphatic heterocycles. The van der Waals surface area contributed by atoms with Gasteiger partial charge in [0.25, 0.3) is 5.91 Å². The molecule has 0 unspecified atom stereocenters. The van der Waals surface area contributed by atoms with Gasteiger partial charge in [-0.25, -0.2) is 0 Å². The van der Waals surface area contributed by atoms with Crippen LogP contribution in [0.25, 0.3) is 0 Å². The number of benzene rings is 1. The first-order valence-electron chi connectivity index (χ1n) is 6.92. The minimum absolute atomic E-state index is 0.0131. The van der Waals surface area contributed by atoms with Crippen molar-refractivity contribution in [2.45, 2.75) is 32.9 Å². The zero-order valence-electron chi connectivity index (χ0n) is 13.4. The van der Waals surface area contributed by atoms with Crippen molar-refractivity contribution in [3.05, 3.63) is 29.8 Å². The van der Waals surface area contributed by atoms with E-state index in [9.17, 15) is 4.79 Å². The molecule has 0 spiro atoms. The summed E-state index contributed by atoms with van der Waals surface area (Å²) in [5.41, 5.74) is 1.50. The average molecular weight is 278 g/mol. The first-order chi connectivity index (χ1) is 9.31. The molecule has 4 nitrogen and oxygen atoms in total. The molecule has 0 heterocycles. The Hall–Kier alpha value is -1.55. The number of methoxy groups -OCH3 is 1. The Morgan fingerprint density at radius 2 is 1.75 bits per heavy atom. The minimum Gasteiger partial charge on any atom is -0.378 e. The Morgan fingerprint density at radius 3 is 2.15 bits per heavy atom. The summed E-state index contributed by atoms with van der Waals surface area (Å²) in [5.74, 6) is 0.0131. The monoisotopic (exact) mass is 278 g/mol. The summed E-state index contributed by atoms with van der Waals surface area (Å²) >= 11 is 0. The first-order valence-corrected chi connectivity index (χ1v) is 6.92. The number of carbonyl (C=O) groups is 1. The van der Waals surface area contributed by atoms with Gasteiger partial charge in [0.2, 0.25) is 0 Å². The van der Waals surface area contributed by atoms with Crippen LogP contribution in [0.2, 0.25) is 0 Å². The van der Waals surface area contributed by atoms with E-state index in [1.807, 2.05) is 25.9 Å². The smallest absolute Gasteiger partial charge is 0.254 e. The zero-order chi connectivity index (χ0) is 15.3. The third-order valence-corrected chi connectivity index (χ3v) is 3.52. The average Bonchev–Trinajstić information content (AvgIpc) is 2.44. The van der Waals surface area contributed by atoms with Gasteiger partial charge in [0.15, 0.2) is 0 Å². The molecule has 20 heavy (non-hydrogen) atoms. The van der Waals surface area contributed by atoms with Gasteiger partial charge in [-0.3, -0.25) is 4.79 Å². The van der Waals surface area contributed by atoms with Crippen molar-refractivity contribution >= 4 is 11.6 Å². The Balaban J connectivity index is 2.81. The number of likely N-dealkylation sites (N-methyl/N-ethyl adjacent to an activating group) is 1. The molecule has 1 aromatic rings. The van der Waals surface area contributed by atoms with Crippen molar-refractivity contribution in [3.63, 3.8) is 0 Å². The SMILES string of the molecule is CCN(Cc1ccc(N(C)C)cc1)C(=O)C(C)(C)OC. The highest BCUT2D eigenvalue weighted by Gasteiger charge is 2.31. The van der Waals surface area contributed by atoms with E-state index in [2.05, 4.69) is 29.2 Å². The number of carbonyl (C=O) groups excluding carboxylic acids is 1. The third-order valence-electron chi connectivity index (χ3n) is 3.52. The van der Waals surface area contributed by atoms with Crippen LogP contribution in [-0.2, 0) is 16.1 Å².